The summed E-state index contributed by atoms with van der Waals surface area (Å²) in [5, 5.41) is 1.34. The lowest BCUT2D eigenvalue weighted by molar-refractivity contribution is -0.142. The predicted octanol–water partition coefficient (Wildman–Crippen LogP) is 3.26. The fraction of sp³-hybridized carbons (Fsp3) is 0.471. The molecule has 0 aliphatic carbocycles. The molecule has 2 aromatic rings. The molecule has 2 aliphatic heterocycles. The SMILES string of the molecule is Cc1ccc2c3c([nH]c2c1)[C@@]1(C)CCCC(=O)N1CC3. The number of hydrogen-bond donors (Lipinski definition) is 1. The Balaban J connectivity index is 1.95. The molecule has 3 heterocycles. The van der Waals surface area contributed by atoms with Crippen molar-refractivity contribution in [2.75, 3.05) is 6.54 Å². The van der Waals surface area contributed by atoms with E-state index in [0.717, 1.165) is 25.8 Å². The summed E-state index contributed by atoms with van der Waals surface area (Å²) in [6.07, 6.45) is 3.75. The van der Waals surface area contributed by atoms with E-state index in [0.29, 0.717) is 12.3 Å². The number of piperidine rings is 1. The van der Waals surface area contributed by atoms with Gasteiger partial charge in [0.1, 0.15) is 0 Å². The molecule has 1 aromatic heterocycles. The van der Waals surface area contributed by atoms with E-state index in [1.165, 1.54) is 27.7 Å². The molecule has 0 bridgehead atoms. The molecule has 0 saturated carbocycles. The summed E-state index contributed by atoms with van der Waals surface area (Å²) in [4.78, 5) is 17.9. The molecular weight excluding hydrogens is 248 g/mol. The van der Waals surface area contributed by atoms with E-state index >= 15 is 0 Å². The minimum absolute atomic E-state index is 0.129. The monoisotopic (exact) mass is 268 g/mol. The van der Waals surface area contributed by atoms with Crippen LogP contribution in [0.1, 0.15) is 43.0 Å². The van der Waals surface area contributed by atoms with Gasteiger partial charge in [0.2, 0.25) is 5.91 Å². The van der Waals surface area contributed by atoms with Gasteiger partial charge in [-0.05, 0) is 50.3 Å². The lowest BCUT2D eigenvalue weighted by Crippen LogP contribution is -2.54. The predicted molar refractivity (Wildman–Crippen MR) is 79.7 cm³/mol. The number of aromatic amines is 1. The molecule has 104 valence electrons. The van der Waals surface area contributed by atoms with Crippen molar-refractivity contribution in [1.29, 1.82) is 0 Å². The number of aromatic nitrogens is 1. The van der Waals surface area contributed by atoms with Gasteiger partial charge in [-0.3, -0.25) is 4.79 Å². The van der Waals surface area contributed by atoms with Gasteiger partial charge in [0.25, 0.3) is 0 Å². The Morgan fingerprint density at radius 2 is 2.15 bits per heavy atom. The number of fused-ring (bicyclic) bond motifs is 5. The number of rotatable bonds is 0. The van der Waals surface area contributed by atoms with Crippen LogP contribution >= 0.6 is 0 Å². The van der Waals surface area contributed by atoms with E-state index in [2.05, 4.69) is 41.9 Å². The number of H-pyrrole nitrogens is 1. The lowest BCUT2D eigenvalue weighted by Gasteiger charge is -2.47. The molecule has 1 saturated heterocycles. The molecule has 0 unspecified atom stereocenters. The van der Waals surface area contributed by atoms with Gasteiger partial charge < -0.3 is 9.88 Å². The van der Waals surface area contributed by atoms with Gasteiger partial charge in [0.15, 0.2) is 0 Å². The van der Waals surface area contributed by atoms with Crippen LogP contribution < -0.4 is 0 Å². The minimum atomic E-state index is -0.129. The van der Waals surface area contributed by atoms with Crippen LogP contribution in [-0.4, -0.2) is 22.3 Å². The van der Waals surface area contributed by atoms with Crippen LogP contribution in [0.15, 0.2) is 18.2 Å². The average Bonchev–Trinajstić information content (AvgIpc) is 2.77. The standard InChI is InChI=1S/C17H20N2O/c1-11-5-6-12-13-7-9-19-15(20)4-3-8-17(19,2)16(13)18-14(12)10-11/h5-6,10,18H,3-4,7-9H2,1-2H3/t17-/m1/s1. The van der Waals surface area contributed by atoms with Gasteiger partial charge in [-0.2, -0.15) is 0 Å². The molecule has 0 radical (unpaired) electrons. The third-order valence-corrected chi connectivity index (χ3v) is 5.14. The van der Waals surface area contributed by atoms with Crippen LogP contribution in [0, 0.1) is 6.92 Å². The number of nitrogens with one attached hydrogen (secondary N) is 1. The number of carbonyl (C=O) groups is 1. The molecule has 1 amide bonds. The Hall–Kier alpha value is -1.77. The highest BCUT2D eigenvalue weighted by Gasteiger charge is 2.44. The molecule has 1 aromatic carbocycles. The lowest BCUT2D eigenvalue weighted by atomic mass is 9.79. The Morgan fingerprint density at radius 3 is 3.00 bits per heavy atom. The van der Waals surface area contributed by atoms with Crippen LogP contribution in [0.4, 0.5) is 0 Å². The molecule has 20 heavy (non-hydrogen) atoms. The maximum absolute atomic E-state index is 12.2. The molecular formula is C17H20N2O. The van der Waals surface area contributed by atoms with E-state index in [1.54, 1.807) is 0 Å². The van der Waals surface area contributed by atoms with E-state index < -0.39 is 0 Å². The first-order chi connectivity index (χ1) is 9.59. The molecule has 1 N–H and O–H groups in total. The van der Waals surface area contributed by atoms with E-state index in [1.807, 2.05) is 0 Å². The van der Waals surface area contributed by atoms with Crippen molar-refractivity contribution in [3.05, 3.63) is 35.0 Å². The zero-order valence-electron chi connectivity index (χ0n) is 12.1. The number of nitrogens with zero attached hydrogens (tertiary/aromatic N) is 1. The van der Waals surface area contributed by atoms with E-state index in [-0.39, 0.29) is 5.54 Å². The zero-order chi connectivity index (χ0) is 13.9. The highest BCUT2D eigenvalue weighted by atomic mass is 16.2. The smallest absolute Gasteiger partial charge is 0.223 e. The third kappa shape index (κ3) is 1.43. The van der Waals surface area contributed by atoms with Crippen molar-refractivity contribution in [3.8, 4) is 0 Å². The van der Waals surface area contributed by atoms with Crippen LogP contribution in [0.2, 0.25) is 0 Å². The quantitative estimate of drug-likeness (QED) is 0.782. The van der Waals surface area contributed by atoms with Gasteiger partial charge in [-0.1, -0.05) is 12.1 Å². The average molecular weight is 268 g/mol. The Bertz CT molecular complexity index is 715. The second-order valence-corrected chi connectivity index (χ2v) is 6.45. The molecule has 4 rings (SSSR count). The number of aryl methyl sites for hydroxylation is 1. The summed E-state index contributed by atoms with van der Waals surface area (Å²) in [7, 11) is 0. The summed E-state index contributed by atoms with van der Waals surface area (Å²) >= 11 is 0. The first-order valence-corrected chi connectivity index (χ1v) is 7.52. The minimum Gasteiger partial charge on any atom is -0.356 e. The molecule has 2 aliphatic rings. The van der Waals surface area contributed by atoms with Crippen molar-refractivity contribution in [3.63, 3.8) is 0 Å². The third-order valence-electron chi connectivity index (χ3n) is 5.14. The van der Waals surface area contributed by atoms with Gasteiger partial charge in [0.05, 0.1) is 5.54 Å². The Kier molecular flexibility index (Phi) is 2.33. The first kappa shape index (κ1) is 12.0. The molecule has 1 fully saturated rings. The summed E-state index contributed by atoms with van der Waals surface area (Å²) in [5.41, 5.74) is 5.07. The molecule has 1 atom stereocenters. The number of carbonyl (C=O) groups excluding carboxylic acids is 1. The zero-order valence-corrected chi connectivity index (χ0v) is 12.1. The van der Waals surface area contributed by atoms with Gasteiger partial charge in [-0.25, -0.2) is 0 Å². The fourth-order valence-corrected chi connectivity index (χ4v) is 4.07. The summed E-state index contributed by atoms with van der Waals surface area (Å²) < 4.78 is 0. The summed E-state index contributed by atoms with van der Waals surface area (Å²) in [6, 6.07) is 6.62. The molecule has 3 heteroatoms. The van der Waals surface area contributed by atoms with Gasteiger partial charge >= 0.3 is 0 Å². The van der Waals surface area contributed by atoms with Crippen LogP contribution in [0.25, 0.3) is 10.9 Å². The summed E-state index contributed by atoms with van der Waals surface area (Å²) in [6.45, 7) is 5.21. The van der Waals surface area contributed by atoms with Crippen molar-refractivity contribution in [2.24, 2.45) is 0 Å². The summed E-state index contributed by atoms with van der Waals surface area (Å²) in [5.74, 6) is 0.319. The highest BCUT2D eigenvalue weighted by molar-refractivity contribution is 5.87. The van der Waals surface area contributed by atoms with Crippen molar-refractivity contribution < 1.29 is 4.79 Å². The molecule has 3 nitrogen and oxygen atoms in total. The second-order valence-electron chi connectivity index (χ2n) is 6.45. The number of hydrogen-bond acceptors (Lipinski definition) is 1. The first-order valence-electron chi connectivity index (χ1n) is 7.52. The van der Waals surface area contributed by atoms with Crippen molar-refractivity contribution >= 4 is 16.8 Å². The maximum Gasteiger partial charge on any atom is 0.223 e. The van der Waals surface area contributed by atoms with Crippen LogP contribution in [0.5, 0.6) is 0 Å². The van der Waals surface area contributed by atoms with Crippen LogP contribution in [-0.2, 0) is 16.8 Å². The van der Waals surface area contributed by atoms with Crippen molar-refractivity contribution in [1.82, 2.24) is 9.88 Å². The molecule has 0 spiro atoms. The number of benzene rings is 1. The maximum atomic E-state index is 12.2. The largest absolute Gasteiger partial charge is 0.356 e. The van der Waals surface area contributed by atoms with Gasteiger partial charge in [-0.15, -0.1) is 0 Å². The van der Waals surface area contributed by atoms with Crippen molar-refractivity contribution in [2.45, 2.75) is 45.1 Å². The van der Waals surface area contributed by atoms with Crippen LogP contribution in [0.3, 0.4) is 0 Å². The van der Waals surface area contributed by atoms with E-state index in [4.69, 9.17) is 0 Å². The normalized spacial score (nSPS) is 25.7. The van der Waals surface area contributed by atoms with Gasteiger partial charge in [0, 0.05) is 29.6 Å². The fourth-order valence-electron chi connectivity index (χ4n) is 4.07. The van der Waals surface area contributed by atoms with E-state index in [9.17, 15) is 4.79 Å². The topological polar surface area (TPSA) is 36.1 Å². The Labute approximate surface area is 119 Å². The number of amides is 1. The highest BCUT2D eigenvalue weighted by Crippen LogP contribution is 2.44. The second kappa shape index (κ2) is 3.87. The Morgan fingerprint density at radius 1 is 1.30 bits per heavy atom.